The van der Waals surface area contributed by atoms with Gasteiger partial charge in [-0.2, -0.15) is 0 Å². The van der Waals surface area contributed by atoms with Crippen LogP contribution in [0.4, 0.5) is 5.82 Å². The van der Waals surface area contributed by atoms with E-state index in [0.29, 0.717) is 5.92 Å². The first-order chi connectivity index (χ1) is 6.66. The molecule has 1 saturated heterocycles. The summed E-state index contributed by atoms with van der Waals surface area (Å²) in [6, 6.07) is 4.31. The van der Waals surface area contributed by atoms with Crippen molar-refractivity contribution in [1.29, 1.82) is 0 Å². The maximum Gasteiger partial charge on any atom is 0.128 e. The molecule has 0 bridgehead atoms. The minimum atomic E-state index is 0.278. The Labute approximate surface area is 92.4 Å². The summed E-state index contributed by atoms with van der Waals surface area (Å²) in [5, 5.41) is 0. The maximum absolute atomic E-state index is 5.96. The topological polar surface area (TPSA) is 42.2 Å². The fourth-order valence-electron chi connectivity index (χ4n) is 1.73. The highest BCUT2D eigenvalue weighted by molar-refractivity contribution is 9.10. The molecule has 1 aliphatic heterocycles. The lowest BCUT2D eigenvalue weighted by molar-refractivity contribution is 0.566. The number of anilines is 1. The highest BCUT2D eigenvalue weighted by Gasteiger charge is 2.26. The summed E-state index contributed by atoms with van der Waals surface area (Å²) in [6.45, 7) is 4.11. The summed E-state index contributed by atoms with van der Waals surface area (Å²) in [5.41, 5.74) is 5.96. The van der Waals surface area contributed by atoms with Gasteiger partial charge in [-0.1, -0.05) is 6.92 Å². The molecular formula is C10H14BrN3. The fraction of sp³-hybridized carbons (Fsp3) is 0.500. The van der Waals surface area contributed by atoms with Gasteiger partial charge in [-0.3, -0.25) is 0 Å². The van der Waals surface area contributed by atoms with Crippen LogP contribution in [-0.2, 0) is 0 Å². The van der Waals surface area contributed by atoms with Crippen molar-refractivity contribution in [1.82, 2.24) is 4.98 Å². The van der Waals surface area contributed by atoms with Crippen LogP contribution in [0, 0.1) is 5.92 Å². The van der Waals surface area contributed by atoms with Crippen LogP contribution in [-0.4, -0.2) is 24.1 Å². The predicted octanol–water partition coefficient (Wildman–Crippen LogP) is 1.63. The van der Waals surface area contributed by atoms with E-state index in [9.17, 15) is 0 Å². The van der Waals surface area contributed by atoms with E-state index in [1.807, 2.05) is 18.3 Å². The van der Waals surface area contributed by atoms with Crippen LogP contribution in [0.25, 0.3) is 0 Å². The summed E-state index contributed by atoms with van der Waals surface area (Å²) in [6.07, 6.45) is 1.82. The summed E-state index contributed by atoms with van der Waals surface area (Å²) in [7, 11) is 0. The Morgan fingerprint density at radius 1 is 1.50 bits per heavy atom. The molecule has 0 radical (unpaired) electrons. The Morgan fingerprint density at radius 3 is 2.79 bits per heavy atom. The molecule has 0 saturated carbocycles. The third-order valence-electron chi connectivity index (χ3n) is 2.71. The molecule has 76 valence electrons. The molecule has 1 aromatic rings. The predicted molar refractivity (Wildman–Crippen MR) is 61.3 cm³/mol. The molecule has 1 fully saturated rings. The van der Waals surface area contributed by atoms with Gasteiger partial charge in [-0.05, 0) is 34.0 Å². The van der Waals surface area contributed by atoms with E-state index in [2.05, 4.69) is 32.7 Å². The van der Waals surface area contributed by atoms with Crippen LogP contribution in [0.1, 0.15) is 6.92 Å². The summed E-state index contributed by atoms with van der Waals surface area (Å²) >= 11 is 3.37. The molecule has 2 rings (SSSR count). The van der Waals surface area contributed by atoms with Gasteiger partial charge < -0.3 is 10.6 Å². The molecule has 0 aliphatic carbocycles. The third-order valence-corrected chi connectivity index (χ3v) is 3.18. The van der Waals surface area contributed by atoms with E-state index in [1.54, 1.807) is 0 Å². The molecule has 0 aromatic carbocycles. The number of aromatic nitrogens is 1. The number of nitrogens with two attached hydrogens (primary N) is 1. The van der Waals surface area contributed by atoms with Gasteiger partial charge in [0.1, 0.15) is 5.82 Å². The monoisotopic (exact) mass is 255 g/mol. The number of hydrogen-bond acceptors (Lipinski definition) is 3. The average molecular weight is 256 g/mol. The van der Waals surface area contributed by atoms with Crippen molar-refractivity contribution in [2.45, 2.75) is 13.0 Å². The van der Waals surface area contributed by atoms with Crippen LogP contribution in [0.15, 0.2) is 22.8 Å². The number of pyridine rings is 1. The smallest absolute Gasteiger partial charge is 0.128 e. The van der Waals surface area contributed by atoms with Crippen molar-refractivity contribution < 1.29 is 0 Å². The van der Waals surface area contributed by atoms with Gasteiger partial charge in [0.15, 0.2) is 0 Å². The van der Waals surface area contributed by atoms with Crippen LogP contribution in [0.5, 0.6) is 0 Å². The molecule has 2 unspecified atom stereocenters. The van der Waals surface area contributed by atoms with Crippen molar-refractivity contribution in [3.8, 4) is 0 Å². The van der Waals surface area contributed by atoms with E-state index < -0.39 is 0 Å². The lowest BCUT2D eigenvalue weighted by Gasteiger charge is -2.16. The Balaban J connectivity index is 2.13. The second-order valence-corrected chi connectivity index (χ2v) is 4.80. The molecule has 0 spiro atoms. The van der Waals surface area contributed by atoms with Crippen molar-refractivity contribution >= 4 is 21.7 Å². The molecule has 2 N–H and O–H groups in total. The zero-order valence-corrected chi connectivity index (χ0v) is 9.74. The second-order valence-electron chi connectivity index (χ2n) is 3.88. The van der Waals surface area contributed by atoms with Crippen molar-refractivity contribution in [3.63, 3.8) is 0 Å². The van der Waals surface area contributed by atoms with Gasteiger partial charge in [-0.15, -0.1) is 0 Å². The minimum absolute atomic E-state index is 0.278. The summed E-state index contributed by atoms with van der Waals surface area (Å²) < 4.78 is 1.01. The normalized spacial score (nSPS) is 26.9. The van der Waals surface area contributed by atoms with Gasteiger partial charge in [0.05, 0.1) is 0 Å². The Hall–Kier alpha value is -0.610. The molecular weight excluding hydrogens is 242 g/mol. The first-order valence-corrected chi connectivity index (χ1v) is 5.58. The van der Waals surface area contributed by atoms with E-state index >= 15 is 0 Å². The Kier molecular flexibility index (Phi) is 2.74. The highest BCUT2D eigenvalue weighted by Crippen LogP contribution is 2.21. The SMILES string of the molecule is CC1CN(c2ccc(Br)cn2)CC1N. The quantitative estimate of drug-likeness (QED) is 0.830. The van der Waals surface area contributed by atoms with Gasteiger partial charge in [0, 0.05) is 29.8 Å². The molecule has 14 heavy (non-hydrogen) atoms. The Bertz CT molecular complexity index is 302. The summed E-state index contributed by atoms with van der Waals surface area (Å²) in [5.74, 6) is 1.58. The maximum atomic E-state index is 5.96. The van der Waals surface area contributed by atoms with E-state index in [-0.39, 0.29) is 6.04 Å². The van der Waals surface area contributed by atoms with E-state index in [0.717, 1.165) is 23.4 Å². The minimum Gasteiger partial charge on any atom is -0.355 e. The fourth-order valence-corrected chi connectivity index (χ4v) is 1.97. The van der Waals surface area contributed by atoms with Crippen LogP contribution >= 0.6 is 15.9 Å². The van der Waals surface area contributed by atoms with Gasteiger partial charge in [-0.25, -0.2) is 4.98 Å². The van der Waals surface area contributed by atoms with Crippen molar-refractivity contribution in [3.05, 3.63) is 22.8 Å². The second kappa shape index (κ2) is 3.87. The molecule has 2 atom stereocenters. The largest absolute Gasteiger partial charge is 0.355 e. The highest BCUT2D eigenvalue weighted by atomic mass is 79.9. The molecule has 0 amide bonds. The number of halogens is 1. The molecule has 1 aliphatic rings. The lowest BCUT2D eigenvalue weighted by atomic mass is 10.1. The van der Waals surface area contributed by atoms with Crippen LogP contribution in [0.3, 0.4) is 0 Å². The standard InChI is InChI=1S/C10H14BrN3/c1-7-5-14(6-9(7)12)10-3-2-8(11)4-13-10/h2-4,7,9H,5-6,12H2,1H3. The zero-order valence-electron chi connectivity index (χ0n) is 8.15. The number of hydrogen-bond donors (Lipinski definition) is 1. The van der Waals surface area contributed by atoms with Gasteiger partial charge in [0.25, 0.3) is 0 Å². The van der Waals surface area contributed by atoms with Crippen molar-refractivity contribution in [2.75, 3.05) is 18.0 Å². The summed E-state index contributed by atoms with van der Waals surface area (Å²) in [4.78, 5) is 6.59. The van der Waals surface area contributed by atoms with Crippen LogP contribution in [0.2, 0.25) is 0 Å². The molecule has 1 aromatic heterocycles. The average Bonchev–Trinajstić information content (AvgIpc) is 2.48. The van der Waals surface area contributed by atoms with Crippen molar-refractivity contribution in [2.24, 2.45) is 11.7 Å². The molecule has 2 heterocycles. The zero-order chi connectivity index (χ0) is 10.1. The first-order valence-electron chi connectivity index (χ1n) is 4.79. The van der Waals surface area contributed by atoms with Crippen LogP contribution < -0.4 is 10.6 Å². The van der Waals surface area contributed by atoms with E-state index in [4.69, 9.17) is 5.73 Å². The number of nitrogens with zero attached hydrogens (tertiary/aromatic N) is 2. The lowest BCUT2D eigenvalue weighted by Crippen LogP contribution is -2.28. The number of rotatable bonds is 1. The van der Waals surface area contributed by atoms with Gasteiger partial charge in [0.2, 0.25) is 0 Å². The molecule has 4 heteroatoms. The van der Waals surface area contributed by atoms with Gasteiger partial charge >= 0.3 is 0 Å². The Morgan fingerprint density at radius 2 is 2.29 bits per heavy atom. The molecule has 3 nitrogen and oxygen atoms in total. The van der Waals surface area contributed by atoms with E-state index in [1.165, 1.54) is 0 Å². The third kappa shape index (κ3) is 1.91. The first kappa shape index (κ1) is 9.93.